The lowest BCUT2D eigenvalue weighted by atomic mass is 9.72. The molecule has 2 aromatic rings. The normalized spacial score (nSPS) is 19.6. The summed E-state index contributed by atoms with van der Waals surface area (Å²) in [6.45, 7) is 45.8. The molecule has 0 aliphatic carbocycles. The van der Waals surface area contributed by atoms with Gasteiger partial charge >= 0.3 is 0 Å². The van der Waals surface area contributed by atoms with Crippen LogP contribution >= 0.6 is 16.1 Å². The zero-order valence-corrected chi connectivity index (χ0v) is 32.1. The van der Waals surface area contributed by atoms with Gasteiger partial charge in [0, 0.05) is 5.03 Å². The molecule has 228 valence electrons. The lowest BCUT2D eigenvalue weighted by Gasteiger charge is -2.44. The summed E-state index contributed by atoms with van der Waals surface area (Å²) in [4.78, 5) is 0. The van der Waals surface area contributed by atoms with Crippen LogP contribution in [0.15, 0.2) is 24.3 Å². The Morgan fingerprint density at radius 1 is 0.463 bits per heavy atom. The van der Waals surface area contributed by atoms with Gasteiger partial charge in [-0.05, 0) is 83.7 Å². The minimum atomic E-state index is -0.322. The van der Waals surface area contributed by atoms with Gasteiger partial charge in [-0.1, -0.05) is 165 Å². The standard InChI is InChI=1S/C39H62P2/c1-34(2,3)24-20-26(36(7,8)9)30(27(21-24)37(10,11)12)32-40-33(41(32)19)31-28(38(13,14)15)22-25(35(4,5)6)23-29(31)39(16,17)18/h20-23,32H,1-19H3/t32-,41?/m1/s1. The van der Waals surface area contributed by atoms with E-state index in [-0.39, 0.29) is 40.4 Å². The second-order valence-electron chi connectivity index (χ2n) is 18.9. The van der Waals surface area contributed by atoms with Gasteiger partial charge in [-0.15, -0.1) is 0 Å². The number of rotatable bonds is 2. The molecule has 3 rings (SSSR count). The van der Waals surface area contributed by atoms with Gasteiger partial charge < -0.3 is 0 Å². The molecule has 0 radical (unpaired) electrons. The maximum atomic E-state index is 2.58. The molecule has 0 saturated heterocycles. The molecular weight excluding hydrogens is 530 g/mol. The molecule has 0 spiro atoms. The molecular formula is C39H62P2. The van der Waals surface area contributed by atoms with Crippen molar-refractivity contribution < 1.29 is 0 Å². The third-order valence-electron chi connectivity index (χ3n) is 8.71. The fraction of sp³-hybridized carbons (Fsp3) is 0.667. The van der Waals surface area contributed by atoms with E-state index in [0.717, 1.165) is 0 Å². The summed E-state index contributed by atoms with van der Waals surface area (Å²) >= 11 is 0. The van der Waals surface area contributed by atoms with Crippen LogP contribution in [0.4, 0.5) is 0 Å². The highest BCUT2D eigenvalue weighted by molar-refractivity contribution is 7.98. The van der Waals surface area contributed by atoms with Crippen molar-refractivity contribution in [3.05, 3.63) is 68.8 Å². The second kappa shape index (κ2) is 10.6. The topological polar surface area (TPSA) is 0 Å². The smallest absolute Gasteiger partial charge is 0.0512 e. The average molecular weight is 593 g/mol. The molecule has 1 unspecified atom stereocenters. The van der Waals surface area contributed by atoms with E-state index in [4.69, 9.17) is 0 Å². The van der Waals surface area contributed by atoms with Gasteiger partial charge in [-0.25, -0.2) is 0 Å². The summed E-state index contributed by atoms with van der Waals surface area (Å²) in [5.74, 6) is 0. The van der Waals surface area contributed by atoms with E-state index in [1.54, 1.807) is 38.4 Å². The Balaban J connectivity index is 2.41. The zero-order chi connectivity index (χ0) is 31.9. The Kier molecular flexibility index (Phi) is 8.92. The van der Waals surface area contributed by atoms with Gasteiger partial charge in [0.15, 0.2) is 0 Å². The summed E-state index contributed by atoms with van der Waals surface area (Å²) < 4.78 is 0. The summed E-state index contributed by atoms with van der Waals surface area (Å²) in [7, 11) is 1.20. The molecule has 2 aromatic carbocycles. The maximum absolute atomic E-state index is 2.58. The fourth-order valence-corrected chi connectivity index (χ4v) is 10.4. The number of hydrogen-bond donors (Lipinski definition) is 0. The molecule has 0 fully saturated rings. The molecule has 0 amide bonds. The zero-order valence-electron chi connectivity index (χ0n) is 30.3. The van der Waals surface area contributed by atoms with Crippen LogP contribution in [0.3, 0.4) is 0 Å². The molecule has 0 bridgehead atoms. The monoisotopic (exact) mass is 592 g/mol. The third-order valence-corrected chi connectivity index (χ3v) is 14.2. The molecule has 0 N–H and O–H groups in total. The van der Waals surface area contributed by atoms with Crippen LogP contribution in [0.1, 0.15) is 175 Å². The summed E-state index contributed by atoms with van der Waals surface area (Å²) in [6.07, 6.45) is 0. The van der Waals surface area contributed by atoms with E-state index in [0.29, 0.717) is 5.40 Å². The van der Waals surface area contributed by atoms with Crippen LogP contribution in [-0.2, 0) is 32.5 Å². The van der Waals surface area contributed by atoms with E-state index >= 15 is 0 Å². The molecule has 0 nitrogen and oxygen atoms in total. The van der Waals surface area contributed by atoms with Crippen molar-refractivity contribution in [1.82, 2.24) is 0 Å². The van der Waals surface area contributed by atoms with Crippen LogP contribution in [0, 0.1) is 0 Å². The molecule has 0 aromatic heterocycles. The van der Waals surface area contributed by atoms with E-state index < -0.39 is 0 Å². The lowest BCUT2D eigenvalue weighted by molar-refractivity contribution is 0.541. The number of benzene rings is 2. The third kappa shape index (κ3) is 7.07. The van der Waals surface area contributed by atoms with Crippen molar-refractivity contribution >= 4 is 21.2 Å². The molecule has 2 atom stereocenters. The number of hydrogen-bond acceptors (Lipinski definition) is 0. The van der Waals surface area contributed by atoms with Crippen molar-refractivity contribution in [3.8, 4) is 0 Å². The van der Waals surface area contributed by atoms with E-state index in [2.05, 4.69) is 156 Å². The van der Waals surface area contributed by atoms with Crippen molar-refractivity contribution in [2.45, 2.75) is 163 Å². The Morgan fingerprint density at radius 3 is 1.00 bits per heavy atom. The SMILES string of the molecule is CP1C(c2c(C(C)(C)C)cc(C(C)(C)C)cc2C(C)(C)C)=P[C@H]1c1c(C(C)(C)C)cc(C(C)(C)C)cc1C(C)(C)C. The molecule has 1 aliphatic rings. The van der Waals surface area contributed by atoms with Gasteiger partial charge in [0.2, 0.25) is 0 Å². The van der Waals surface area contributed by atoms with Gasteiger partial charge in [0.1, 0.15) is 0 Å². The molecule has 2 heteroatoms. The molecule has 0 saturated carbocycles. The van der Waals surface area contributed by atoms with Gasteiger partial charge in [-0.2, -0.15) is 0 Å². The van der Waals surface area contributed by atoms with Crippen molar-refractivity contribution in [3.63, 3.8) is 0 Å². The van der Waals surface area contributed by atoms with Crippen molar-refractivity contribution in [1.29, 1.82) is 0 Å². The summed E-state index contributed by atoms with van der Waals surface area (Å²) in [6, 6.07) is 10.3. The van der Waals surface area contributed by atoms with Crippen molar-refractivity contribution in [2.75, 3.05) is 6.66 Å². The first-order chi connectivity index (χ1) is 18.1. The van der Waals surface area contributed by atoms with Gasteiger partial charge in [-0.3, -0.25) is 0 Å². The fourth-order valence-electron chi connectivity index (χ4n) is 5.96. The molecule has 41 heavy (non-hydrogen) atoms. The van der Waals surface area contributed by atoms with Crippen molar-refractivity contribution in [2.24, 2.45) is 0 Å². The van der Waals surface area contributed by atoms with Gasteiger partial charge in [0.25, 0.3) is 0 Å². The van der Waals surface area contributed by atoms with Crippen LogP contribution < -0.4 is 0 Å². The summed E-state index contributed by atoms with van der Waals surface area (Å²) in [5, 5.41) is 2.29. The Hall–Kier alpha value is -0.960. The highest BCUT2D eigenvalue weighted by Gasteiger charge is 2.42. The first-order valence-electron chi connectivity index (χ1n) is 15.8. The van der Waals surface area contributed by atoms with E-state index in [1.807, 2.05) is 0 Å². The van der Waals surface area contributed by atoms with Crippen LogP contribution in [0.25, 0.3) is 0 Å². The van der Waals surface area contributed by atoms with Crippen LogP contribution in [-0.4, -0.2) is 11.7 Å². The Labute approximate surface area is 258 Å². The minimum absolute atomic E-state index is 0.0852. The maximum Gasteiger partial charge on any atom is 0.0512 e. The predicted octanol–water partition coefficient (Wildman–Crippen LogP) is 12.7. The first-order valence-corrected chi connectivity index (χ1v) is 18.6. The molecule has 1 heterocycles. The quantitative estimate of drug-likeness (QED) is 0.304. The highest BCUT2D eigenvalue weighted by Crippen LogP contribution is 2.71. The van der Waals surface area contributed by atoms with Crippen LogP contribution in [0.5, 0.6) is 0 Å². The largest absolute Gasteiger partial charge is 0.0820 e. The van der Waals surface area contributed by atoms with E-state index in [9.17, 15) is 0 Å². The highest BCUT2D eigenvalue weighted by atomic mass is 31.2. The van der Waals surface area contributed by atoms with Gasteiger partial charge in [0.05, 0.1) is 5.40 Å². The Morgan fingerprint density at radius 2 is 0.756 bits per heavy atom. The summed E-state index contributed by atoms with van der Waals surface area (Å²) in [5.41, 5.74) is 13.0. The predicted molar refractivity (Wildman–Crippen MR) is 192 cm³/mol. The Bertz CT molecular complexity index is 1260. The minimum Gasteiger partial charge on any atom is -0.0820 e. The second-order valence-corrected chi connectivity index (χ2v) is 23.0. The lowest BCUT2D eigenvalue weighted by Crippen LogP contribution is -2.29. The molecule has 1 aliphatic heterocycles. The van der Waals surface area contributed by atoms with Crippen LogP contribution in [0.2, 0.25) is 0 Å². The first kappa shape index (κ1) is 34.5. The average Bonchev–Trinajstić information content (AvgIpc) is 2.73. The van der Waals surface area contributed by atoms with E-state index in [1.165, 1.54) is 19.3 Å².